The zero-order valence-electron chi connectivity index (χ0n) is 9.70. The van der Waals surface area contributed by atoms with E-state index in [9.17, 15) is 4.79 Å². The predicted molar refractivity (Wildman–Crippen MR) is 62.8 cm³/mol. The van der Waals surface area contributed by atoms with Crippen molar-refractivity contribution >= 4 is 5.97 Å². The number of aromatic nitrogens is 4. The molecular weight excluding hydrogens is 232 g/mol. The Labute approximate surface area is 103 Å². The van der Waals surface area contributed by atoms with E-state index >= 15 is 0 Å². The SMILES string of the molecule is O=C(O)c1cnc(-n2cnc3c2CCCC3)nc1. The van der Waals surface area contributed by atoms with Crippen molar-refractivity contribution in [3.8, 4) is 5.95 Å². The van der Waals surface area contributed by atoms with Crippen LogP contribution in [-0.2, 0) is 12.8 Å². The van der Waals surface area contributed by atoms with Gasteiger partial charge < -0.3 is 5.11 Å². The Morgan fingerprint density at radius 1 is 1.17 bits per heavy atom. The molecule has 0 atom stereocenters. The quantitative estimate of drug-likeness (QED) is 0.859. The lowest BCUT2D eigenvalue weighted by molar-refractivity contribution is 0.0696. The second kappa shape index (κ2) is 4.21. The second-order valence-corrected chi connectivity index (χ2v) is 4.29. The number of carboxylic acids is 1. The zero-order valence-corrected chi connectivity index (χ0v) is 9.70. The van der Waals surface area contributed by atoms with Crippen molar-refractivity contribution in [1.82, 2.24) is 19.5 Å². The van der Waals surface area contributed by atoms with Gasteiger partial charge in [-0.2, -0.15) is 0 Å². The summed E-state index contributed by atoms with van der Waals surface area (Å²) in [4.78, 5) is 23.3. The molecule has 0 aromatic carbocycles. The fourth-order valence-corrected chi connectivity index (χ4v) is 2.20. The van der Waals surface area contributed by atoms with Gasteiger partial charge in [0.1, 0.15) is 6.33 Å². The third kappa shape index (κ3) is 1.75. The smallest absolute Gasteiger partial charge is 0.338 e. The molecule has 0 fully saturated rings. The van der Waals surface area contributed by atoms with E-state index in [0.29, 0.717) is 5.95 Å². The fraction of sp³-hybridized carbons (Fsp3) is 0.333. The van der Waals surface area contributed by atoms with E-state index in [2.05, 4.69) is 15.0 Å². The van der Waals surface area contributed by atoms with Crippen molar-refractivity contribution in [2.75, 3.05) is 0 Å². The van der Waals surface area contributed by atoms with E-state index in [1.807, 2.05) is 4.57 Å². The van der Waals surface area contributed by atoms with Gasteiger partial charge >= 0.3 is 5.97 Å². The van der Waals surface area contributed by atoms with Crippen LogP contribution in [0.5, 0.6) is 0 Å². The van der Waals surface area contributed by atoms with Gasteiger partial charge in [0.05, 0.1) is 11.3 Å². The lowest BCUT2D eigenvalue weighted by Gasteiger charge is -2.12. The van der Waals surface area contributed by atoms with Crippen LogP contribution in [0.4, 0.5) is 0 Å². The largest absolute Gasteiger partial charge is 0.478 e. The first-order chi connectivity index (χ1) is 8.75. The van der Waals surface area contributed by atoms with Crippen molar-refractivity contribution in [2.24, 2.45) is 0 Å². The molecule has 2 aromatic heterocycles. The maximum atomic E-state index is 10.7. The molecule has 1 aliphatic carbocycles. The minimum atomic E-state index is -1.02. The Balaban J connectivity index is 1.99. The average Bonchev–Trinajstić information content (AvgIpc) is 2.82. The highest BCUT2D eigenvalue weighted by molar-refractivity contribution is 5.86. The molecule has 1 N–H and O–H groups in total. The third-order valence-electron chi connectivity index (χ3n) is 3.13. The molecule has 92 valence electrons. The number of rotatable bonds is 2. The van der Waals surface area contributed by atoms with Gasteiger partial charge in [0.15, 0.2) is 0 Å². The first-order valence-corrected chi connectivity index (χ1v) is 5.86. The van der Waals surface area contributed by atoms with Crippen LogP contribution in [0.15, 0.2) is 18.7 Å². The molecule has 0 saturated carbocycles. The highest BCUT2D eigenvalue weighted by Gasteiger charge is 2.17. The Morgan fingerprint density at radius 2 is 1.89 bits per heavy atom. The standard InChI is InChI=1S/C12H12N4O2/c17-11(18)8-5-13-12(14-6-8)16-7-15-9-3-1-2-4-10(9)16/h5-7H,1-4H2,(H,17,18). The van der Waals surface area contributed by atoms with Gasteiger partial charge in [-0.15, -0.1) is 0 Å². The second-order valence-electron chi connectivity index (χ2n) is 4.29. The summed E-state index contributed by atoms with van der Waals surface area (Å²) in [6, 6.07) is 0. The monoisotopic (exact) mass is 244 g/mol. The Morgan fingerprint density at radius 3 is 2.61 bits per heavy atom. The van der Waals surface area contributed by atoms with Crippen LogP contribution in [0.1, 0.15) is 34.6 Å². The van der Waals surface area contributed by atoms with Gasteiger partial charge in [0.2, 0.25) is 5.95 Å². The number of fused-ring (bicyclic) bond motifs is 1. The number of imidazole rings is 1. The van der Waals surface area contributed by atoms with Crippen LogP contribution in [0.2, 0.25) is 0 Å². The van der Waals surface area contributed by atoms with E-state index in [-0.39, 0.29) is 5.56 Å². The number of aryl methyl sites for hydroxylation is 1. The normalized spacial score (nSPS) is 14.2. The molecule has 6 heteroatoms. The van der Waals surface area contributed by atoms with Crippen LogP contribution in [0.3, 0.4) is 0 Å². The van der Waals surface area contributed by atoms with E-state index in [1.165, 1.54) is 18.8 Å². The van der Waals surface area contributed by atoms with Crippen LogP contribution >= 0.6 is 0 Å². The first kappa shape index (κ1) is 10.9. The Kier molecular flexibility index (Phi) is 2.55. The topological polar surface area (TPSA) is 80.9 Å². The summed E-state index contributed by atoms with van der Waals surface area (Å²) >= 11 is 0. The molecular formula is C12H12N4O2. The summed E-state index contributed by atoms with van der Waals surface area (Å²) in [7, 11) is 0. The van der Waals surface area contributed by atoms with Crippen LogP contribution in [0.25, 0.3) is 5.95 Å². The molecule has 0 bridgehead atoms. The maximum absolute atomic E-state index is 10.7. The number of hydrogen-bond donors (Lipinski definition) is 1. The number of carbonyl (C=O) groups is 1. The van der Waals surface area contributed by atoms with Crippen molar-refractivity contribution in [3.63, 3.8) is 0 Å². The highest BCUT2D eigenvalue weighted by atomic mass is 16.4. The molecule has 0 aliphatic heterocycles. The van der Waals surface area contributed by atoms with E-state index in [1.54, 1.807) is 6.33 Å². The molecule has 3 rings (SSSR count). The predicted octanol–water partition coefficient (Wildman–Crippen LogP) is 1.24. The Bertz CT molecular complexity index is 589. The fourth-order valence-electron chi connectivity index (χ4n) is 2.20. The molecule has 2 heterocycles. The van der Waals surface area contributed by atoms with Gasteiger partial charge in [0, 0.05) is 18.1 Å². The minimum Gasteiger partial charge on any atom is -0.478 e. The zero-order chi connectivity index (χ0) is 12.5. The van der Waals surface area contributed by atoms with Crippen LogP contribution in [-0.4, -0.2) is 30.6 Å². The summed E-state index contributed by atoms with van der Waals surface area (Å²) < 4.78 is 1.85. The molecule has 0 unspecified atom stereocenters. The van der Waals surface area contributed by atoms with Gasteiger partial charge in [0.25, 0.3) is 0 Å². The molecule has 2 aromatic rings. The summed E-state index contributed by atoms with van der Waals surface area (Å²) in [6.45, 7) is 0. The number of aromatic carboxylic acids is 1. The molecule has 6 nitrogen and oxygen atoms in total. The van der Waals surface area contributed by atoms with Crippen molar-refractivity contribution in [2.45, 2.75) is 25.7 Å². The maximum Gasteiger partial charge on any atom is 0.338 e. The summed E-state index contributed by atoms with van der Waals surface area (Å²) in [5, 5.41) is 8.80. The van der Waals surface area contributed by atoms with E-state index < -0.39 is 5.97 Å². The number of carboxylic acid groups (broad SMARTS) is 1. The summed E-state index contributed by atoms with van der Waals surface area (Å²) in [5.41, 5.74) is 2.34. The average molecular weight is 244 g/mol. The van der Waals surface area contributed by atoms with Gasteiger partial charge in [-0.3, -0.25) is 4.57 Å². The molecule has 0 amide bonds. The Hall–Kier alpha value is -2.24. The van der Waals surface area contributed by atoms with Gasteiger partial charge in [-0.25, -0.2) is 19.7 Å². The van der Waals surface area contributed by atoms with Crippen LogP contribution in [0, 0.1) is 0 Å². The van der Waals surface area contributed by atoms with E-state index in [4.69, 9.17) is 5.11 Å². The van der Waals surface area contributed by atoms with Crippen molar-refractivity contribution in [1.29, 1.82) is 0 Å². The highest BCUT2D eigenvalue weighted by Crippen LogP contribution is 2.21. The number of hydrogen-bond acceptors (Lipinski definition) is 4. The first-order valence-electron chi connectivity index (χ1n) is 5.86. The third-order valence-corrected chi connectivity index (χ3v) is 3.13. The van der Waals surface area contributed by atoms with E-state index in [0.717, 1.165) is 30.7 Å². The molecule has 0 saturated heterocycles. The lowest BCUT2D eigenvalue weighted by atomic mass is 10.0. The van der Waals surface area contributed by atoms with Crippen molar-refractivity contribution in [3.05, 3.63) is 35.7 Å². The summed E-state index contributed by atoms with van der Waals surface area (Å²) in [5.74, 6) is -0.537. The van der Waals surface area contributed by atoms with Gasteiger partial charge in [-0.1, -0.05) is 0 Å². The van der Waals surface area contributed by atoms with Crippen LogP contribution < -0.4 is 0 Å². The molecule has 18 heavy (non-hydrogen) atoms. The molecule has 1 aliphatic rings. The molecule has 0 radical (unpaired) electrons. The van der Waals surface area contributed by atoms with Gasteiger partial charge in [-0.05, 0) is 25.7 Å². The molecule has 0 spiro atoms. The number of nitrogens with zero attached hydrogens (tertiary/aromatic N) is 4. The minimum absolute atomic E-state index is 0.0905. The summed E-state index contributed by atoms with van der Waals surface area (Å²) in [6.07, 6.45) is 8.63. The van der Waals surface area contributed by atoms with Crippen molar-refractivity contribution < 1.29 is 9.90 Å². The lowest BCUT2D eigenvalue weighted by Crippen LogP contribution is -2.10.